The Balaban J connectivity index is 0.00000484. The normalized spacial score (nSPS) is 12.2. The second kappa shape index (κ2) is 15.7. The van der Waals surface area contributed by atoms with Gasteiger partial charge in [-0.1, -0.05) is 167 Å². The Morgan fingerprint density at radius 2 is 1.25 bits per heavy atom. The van der Waals surface area contributed by atoms with Crippen molar-refractivity contribution in [3.8, 4) is 73.2 Å². The van der Waals surface area contributed by atoms with Crippen molar-refractivity contribution in [2.24, 2.45) is 0 Å². The van der Waals surface area contributed by atoms with E-state index in [0.29, 0.717) is 17.0 Å². The molecule has 0 fully saturated rings. The van der Waals surface area contributed by atoms with Gasteiger partial charge in [0.2, 0.25) is 0 Å². The number of pyridine rings is 1. The number of nitrogens with zero attached hydrogens (tertiary/aromatic N) is 4. The number of aryl methyl sites for hydroxylation is 1. The molecule has 0 spiro atoms. The number of phenols is 1. The number of phenolic OH excluding ortho intramolecular Hbond substituents is 1. The number of para-hydroxylation sites is 5. The molecule has 0 amide bonds. The van der Waals surface area contributed by atoms with Crippen molar-refractivity contribution >= 4 is 32.8 Å². The van der Waals surface area contributed by atoms with Crippen molar-refractivity contribution in [3.63, 3.8) is 0 Å². The Morgan fingerprint density at radius 3 is 2.05 bits per heavy atom. The van der Waals surface area contributed by atoms with Crippen LogP contribution < -0.4 is 0 Å². The van der Waals surface area contributed by atoms with Crippen LogP contribution in [0.4, 0.5) is 0 Å². The molecule has 0 radical (unpaired) electrons. The molecule has 11 aromatic rings. The maximum absolute atomic E-state index is 11.4. The van der Waals surface area contributed by atoms with E-state index in [2.05, 4.69) is 112 Å². The van der Waals surface area contributed by atoms with Crippen LogP contribution in [0, 0.1) is 12.9 Å². The van der Waals surface area contributed by atoms with Crippen LogP contribution in [0.2, 0.25) is 0 Å². The number of rotatable bonds is 7. The minimum Gasteiger partial charge on any atom is -0.507 e. The average Bonchev–Trinajstić information content (AvgIpc) is 3.88. The van der Waals surface area contributed by atoms with Gasteiger partial charge in [-0.3, -0.25) is 9.55 Å². The van der Waals surface area contributed by atoms with Crippen molar-refractivity contribution in [2.45, 2.75) is 6.85 Å². The summed E-state index contributed by atoms with van der Waals surface area (Å²) in [5, 5.41) is 13.5. The van der Waals surface area contributed by atoms with Gasteiger partial charge in [0.05, 0.1) is 22.3 Å². The van der Waals surface area contributed by atoms with Crippen molar-refractivity contribution in [1.29, 1.82) is 0 Å². The summed E-state index contributed by atoms with van der Waals surface area (Å²) in [6.45, 7) is -2.19. The van der Waals surface area contributed by atoms with E-state index < -0.39 is 6.85 Å². The van der Waals surface area contributed by atoms with Gasteiger partial charge in [-0.25, -0.2) is 4.98 Å². The molecule has 0 saturated carbocycles. The minimum atomic E-state index is -2.19. The van der Waals surface area contributed by atoms with Gasteiger partial charge in [0.25, 0.3) is 0 Å². The fraction of sp³-hybridized carbons (Fsp3) is 0.0182. The molecule has 3 heterocycles. The van der Waals surface area contributed by atoms with Gasteiger partial charge < -0.3 is 9.67 Å². The van der Waals surface area contributed by atoms with Crippen molar-refractivity contribution < 1.29 is 30.3 Å². The zero-order chi connectivity index (χ0) is 42.7. The van der Waals surface area contributed by atoms with Crippen LogP contribution in [0.5, 0.6) is 5.75 Å². The number of hydrogen-bond acceptors (Lipinski definition) is 3. The number of hydrogen-bond donors (Lipinski definition) is 1. The molecule has 1 N–H and O–H groups in total. The largest absolute Gasteiger partial charge is 0.507 e. The number of imidazole rings is 1. The van der Waals surface area contributed by atoms with Crippen molar-refractivity contribution in [1.82, 2.24) is 19.1 Å². The van der Waals surface area contributed by atoms with Crippen LogP contribution in [0.1, 0.15) is 9.68 Å². The zero-order valence-corrected chi connectivity index (χ0v) is 34.9. The second-order valence-electron chi connectivity index (χ2n) is 14.9. The van der Waals surface area contributed by atoms with E-state index >= 15 is 0 Å². The molecular formula is C55H37N4OPt-. The van der Waals surface area contributed by atoms with Crippen LogP contribution in [0.3, 0.4) is 0 Å². The Morgan fingerprint density at radius 1 is 0.557 bits per heavy atom. The molecule has 11 rings (SSSR count). The number of benzene rings is 8. The van der Waals surface area contributed by atoms with Crippen molar-refractivity contribution in [2.75, 3.05) is 0 Å². The summed E-state index contributed by atoms with van der Waals surface area (Å²) in [4.78, 5) is 10.4. The molecular weight excluding hydrogens is 928 g/mol. The summed E-state index contributed by atoms with van der Waals surface area (Å²) in [5.74, 6) is 0.737. The Bertz CT molecular complexity index is 3510. The van der Waals surface area contributed by atoms with E-state index in [4.69, 9.17) is 14.1 Å². The minimum absolute atomic E-state index is 0. The van der Waals surface area contributed by atoms with Gasteiger partial charge in [-0.05, 0) is 83.0 Å². The summed E-state index contributed by atoms with van der Waals surface area (Å²) in [6, 6.07) is 68.1. The molecule has 5 nitrogen and oxygen atoms in total. The maximum Gasteiger partial charge on any atom is 0.148 e. The SMILES string of the molecule is [2H]C([2H])([2H])c1ccc(-c2ccnc(-c3[c-]c(-c4cccc5c4nc(-c4ccccc4O)n5-c4ccccc4-c4ccccc4)c4c(c3)c3ccccc3n4-c3ccccc3)c2)cc1.[Pt]. The molecule has 8 aromatic carbocycles. The van der Waals surface area contributed by atoms with E-state index in [0.717, 1.165) is 88.9 Å². The first-order valence-corrected chi connectivity index (χ1v) is 19.9. The van der Waals surface area contributed by atoms with E-state index in [1.807, 2.05) is 78.9 Å². The van der Waals surface area contributed by atoms with E-state index in [-0.39, 0.29) is 26.8 Å². The molecule has 294 valence electrons. The van der Waals surface area contributed by atoms with Crippen LogP contribution in [0.15, 0.2) is 200 Å². The van der Waals surface area contributed by atoms with Crippen LogP contribution >= 0.6 is 0 Å². The molecule has 3 aromatic heterocycles. The fourth-order valence-corrected chi connectivity index (χ4v) is 8.55. The van der Waals surface area contributed by atoms with Crippen molar-refractivity contribution in [3.05, 3.63) is 212 Å². The summed E-state index contributed by atoms with van der Waals surface area (Å²) in [6.07, 6.45) is 1.79. The van der Waals surface area contributed by atoms with Gasteiger partial charge in [-0.2, -0.15) is 0 Å². The monoisotopic (exact) mass is 967 g/mol. The third-order valence-corrected chi connectivity index (χ3v) is 11.3. The summed E-state index contributed by atoms with van der Waals surface area (Å²) >= 11 is 0. The van der Waals surface area contributed by atoms with Crippen LogP contribution in [-0.4, -0.2) is 24.2 Å². The number of aromatic nitrogens is 4. The first-order chi connectivity index (χ1) is 30.8. The average molecular weight is 968 g/mol. The van der Waals surface area contributed by atoms with E-state index in [1.54, 1.807) is 24.4 Å². The third-order valence-electron chi connectivity index (χ3n) is 11.3. The van der Waals surface area contributed by atoms with Gasteiger partial charge in [-0.15, -0.1) is 12.1 Å². The first kappa shape index (κ1) is 34.5. The molecule has 0 atom stereocenters. The van der Waals surface area contributed by atoms with Gasteiger partial charge in [0.1, 0.15) is 11.6 Å². The number of aromatic hydroxyl groups is 1. The fourth-order valence-electron chi connectivity index (χ4n) is 8.55. The molecule has 0 aliphatic rings. The molecule has 6 heteroatoms. The zero-order valence-electron chi connectivity index (χ0n) is 35.6. The summed E-state index contributed by atoms with van der Waals surface area (Å²) < 4.78 is 28.1. The first-order valence-electron chi connectivity index (χ1n) is 21.4. The molecule has 0 saturated heterocycles. The quantitative estimate of drug-likeness (QED) is 0.162. The Hall–Kier alpha value is -7.33. The van der Waals surface area contributed by atoms with Gasteiger partial charge in [0, 0.05) is 53.8 Å². The van der Waals surface area contributed by atoms with Crippen LogP contribution in [0.25, 0.3) is 100 Å². The van der Waals surface area contributed by atoms with Crippen LogP contribution in [-0.2, 0) is 21.1 Å². The standard InChI is InChI=1S/C55H37N4O.Pt/c1-36-27-29-37(30-28-36)39-31-32-56-48(35-39)40-33-46-43-20-9-12-24-50(43)58(41-17-6-3-7-18-41)54(46)47(34-40)44-22-14-25-51-53(44)57-55(45-21-10-13-26-52(45)60)59(51)49-23-11-8-19-42(49)38-15-4-2-5-16-38;/h2-33,35,60H,1H3;/q-1;/i1D3;. The predicted molar refractivity (Wildman–Crippen MR) is 246 cm³/mol. The smallest absolute Gasteiger partial charge is 0.148 e. The predicted octanol–water partition coefficient (Wildman–Crippen LogP) is 13.7. The molecule has 0 unspecified atom stereocenters. The maximum atomic E-state index is 11.4. The van der Waals surface area contributed by atoms with Gasteiger partial charge >= 0.3 is 0 Å². The Labute approximate surface area is 372 Å². The number of fused-ring (bicyclic) bond motifs is 4. The summed E-state index contributed by atoms with van der Waals surface area (Å²) in [5.41, 5.74) is 13.6. The van der Waals surface area contributed by atoms with E-state index in [1.165, 1.54) is 0 Å². The topological polar surface area (TPSA) is 55.9 Å². The molecule has 0 aliphatic heterocycles. The van der Waals surface area contributed by atoms with E-state index in [9.17, 15) is 5.11 Å². The van der Waals surface area contributed by atoms with Gasteiger partial charge in [0.15, 0.2) is 0 Å². The summed E-state index contributed by atoms with van der Waals surface area (Å²) in [7, 11) is 0. The molecule has 61 heavy (non-hydrogen) atoms. The third kappa shape index (κ3) is 6.55. The Kier molecular flexibility index (Phi) is 8.88. The molecule has 0 aliphatic carbocycles. The second-order valence-corrected chi connectivity index (χ2v) is 14.9. The molecule has 0 bridgehead atoms.